The first-order valence-electron chi connectivity index (χ1n) is 7.66. The number of nitrogens with zero attached hydrogens (tertiary/aromatic N) is 3. The average molecular weight is 459 g/mol. The molecule has 0 amide bonds. The van der Waals surface area contributed by atoms with Crippen molar-refractivity contribution in [2.24, 2.45) is 4.99 Å². The molecule has 1 aromatic heterocycles. The van der Waals surface area contributed by atoms with Gasteiger partial charge in [-0.05, 0) is 48.2 Å². The van der Waals surface area contributed by atoms with E-state index in [4.69, 9.17) is 11.6 Å². The van der Waals surface area contributed by atoms with Crippen molar-refractivity contribution in [1.29, 1.82) is 0 Å². The number of hydrogen-bond acceptors (Lipinski definition) is 2. The van der Waals surface area contributed by atoms with Crippen molar-refractivity contribution in [3.63, 3.8) is 0 Å². The van der Waals surface area contributed by atoms with Gasteiger partial charge in [0.15, 0.2) is 5.96 Å². The van der Waals surface area contributed by atoms with Gasteiger partial charge >= 0.3 is 0 Å². The standard InChI is InChI=1S/C18H23ClN4.HI/c1-14-12-21-9-7-16(14)8-10-22-18(20-2)23(3)13-15-5-4-6-17(19)11-15;/h4-7,9,11-12H,8,10,13H2,1-3H3,(H,20,22);1H. The van der Waals surface area contributed by atoms with Crippen LogP contribution in [0.4, 0.5) is 0 Å². The quantitative estimate of drug-likeness (QED) is 0.419. The molecule has 0 atom stereocenters. The zero-order valence-electron chi connectivity index (χ0n) is 14.3. The molecule has 0 aliphatic rings. The topological polar surface area (TPSA) is 40.5 Å². The van der Waals surface area contributed by atoms with Gasteiger partial charge in [0.25, 0.3) is 0 Å². The normalized spacial score (nSPS) is 10.9. The minimum atomic E-state index is 0. The molecule has 0 fully saturated rings. The fourth-order valence-corrected chi connectivity index (χ4v) is 2.67. The SMILES string of the molecule is CN=C(NCCc1ccncc1C)N(C)Cc1cccc(Cl)c1.I. The lowest BCUT2D eigenvalue weighted by atomic mass is 10.1. The molecule has 0 radical (unpaired) electrons. The van der Waals surface area contributed by atoms with Crippen LogP contribution in [0.2, 0.25) is 5.02 Å². The van der Waals surface area contributed by atoms with Crippen LogP contribution >= 0.6 is 35.6 Å². The molecule has 0 bridgehead atoms. The van der Waals surface area contributed by atoms with E-state index in [9.17, 15) is 0 Å². The molecule has 0 aliphatic heterocycles. The maximum Gasteiger partial charge on any atom is 0.193 e. The molecular weight excluding hydrogens is 435 g/mol. The van der Waals surface area contributed by atoms with E-state index in [2.05, 4.69) is 39.2 Å². The number of aryl methyl sites for hydroxylation is 1. The Morgan fingerprint density at radius 1 is 1.33 bits per heavy atom. The molecule has 1 aromatic carbocycles. The van der Waals surface area contributed by atoms with Crippen LogP contribution in [-0.2, 0) is 13.0 Å². The van der Waals surface area contributed by atoms with Crippen molar-refractivity contribution in [2.75, 3.05) is 20.6 Å². The lowest BCUT2D eigenvalue weighted by Gasteiger charge is -2.22. The summed E-state index contributed by atoms with van der Waals surface area (Å²) >= 11 is 6.04. The van der Waals surface area contributed by atoms with Crippen molar-refractivity contribution >= 4 is 41.5 Å². The van der Waals surface area contributed by atoms with Crippen LogP contribution < -0.4 is 5.32 Å². The first kappa shape index (κ1) is 20.7. The van der Waals surface area contributed by atoms with Gasteiger partial charge in [0, 0.05) is 44.6 Å². The van der Waals surface area contributed by atoms with Gasteiger partial charge in [0.1, 0.15) is 0 Å². The van der Waals surface area contributed by atoms with Gasteiger partial charge in [0.05, 0.1) is 0 Å². The highest BCUT2D eigenvalue weighted by Crippen LogP contribution is 2.12. The van der Waals surface area contributed by atoms with Gasteiger partial charge in [-0.2, -0.15) is 0 Å². The van der Waals surface area contributed by atoms with Gasteiger partial charge in [-0.25, -0.2) is 0 Å². The molecule has 1 N–H and O–H groups in total. The van der Waals surface area contributed by atoms with Crippen LogP contribution in [0.5, 0.6) is 0 Å². The molecule has 24 heavy (non-hydrogen) atoms. The summed E-state index contributed by atoms with van der Waals surface area (Å²) in [5.41, 5.74) is 3.69. The molecule has 2 rings (SSSR count). The van der Waals surface area contributed by atoms with E-state index in [1.54, 1.807) is 7.05 Å². The van der Waals surface area contributed by atoms with Crippen molar-refractivity contribution in [1.82, 2.24) is 15.2 Å². The number of benzene rings is 1. The lowest BCUT2D eigenvalue weighted by molar-refractivity contribution is 0.477. The molecule has 2 aromatic rings. The summed E-state index contributed by atoms with van der Waals surface area (Å²) in [6, 6.07) is 9.96. The van der Waals surface area contributed by atoms with Crippen molar-refractivity contribution < 1.29 is 0 Å². The molecule has 130 valence electrons. The van der Waals surface area contributed by atoms with E-state index < -0.39 is 0 Å². The van der Waals surface area contributed by atoms with Gasteiger partial charge < -0.3 is 10.2 Å². The number of aromatic nitrogens is 1. The van der Waals surface area contributed by atoms with Gasteiger partial charge in [-0.3, -0.25) is 9.98 Å². The Morgan fingerprint density at radius 2 is 2.12 bits per heavy atom. The smallest absolute Gasteiger partial charge is 0.193 e. The molecule has 6 heteroatoms. The molecule has 0 spiro atoms. The highest BCUT2D eigenvalue weighted by atomic mass is 127. The van der Waals surface area contributed by atoms with E-state index in [1.165, 1.54) is 11.1 Å². The van der Waals surface area contributed by atoms with E-state index >= 15 is 0 Å². The molecule has 0 saturated carbocycles. The van der Waals surface area contributed by atoms with Crippen LogP contribution in [-0.4, -0.2) is 36.5 Å². The highest BCUT2D eigenvalue weighted by molar-refractivity contribution is 14.0. The Morgan fingerprint density at radius 3 is 2.79 bits per heavy atom. The number of rotatable bonds is 5. The third-order valence-corrected chi connectivity index (χ3v) is 3.93. The Kier molecular flexibility index (Phi) is 9.07. The maximum absolute atomic E-state index is 6.04. The largest absolute Gasteiger partial charge is 0.356 e. The first-order valence-corrected chi connectivity index (χ1v) is 8.03. The van der Waals surface area contributed by atoms with E-state index in [0.717, 1.165) is 36.1 Å². The van der Waals surface area contributed by atoms with Crippen molar-refractivity contribution in [3.05, 3.63) is 64.4 Å². The van der Waals surface area contributed by atoms with Crippen molar-refractivity contribution in [2.45, 2.75) is 19.9 Å². The van der Waals surface area contributed by atoms with Gasteiger partial charge in [-0.1, -0.05) is 23.7 Å². The number of pyridine rings is 1. The lowest BCUT2D eigenvalue weighted by Crippen LogP contribution is -2.39. The average Bonchev–Trinajstić information content (AvgIpc) is 2.53. The summed E-state index contributed by atoms with van der Waals surface area (Å²) in [6.07, 6.45) is 4.68. The molecule has 0 unspecified atom stereocenters. The predicted octanol–water partition coefficient (Wildman–Crippen LogP) is 3.91. The summed E-state index contributed by atoms with van der Waals surface area (Å²) in [4.78, 5) is 10.6. The monoisotopic (exact) mass is 458 g/mol. The van der Waals surface area contributed by atoms with E-state index in [-0.39, 0.29) is 24.0 Å². The zero-order valence-corrected chi connectivity index (χ0v) is 17.4. The minimum absolute atomic E-state index is 0. The second kappa shape index (κ2) is 10.5. The summed E-state index contributed by atoms with van der Waals surface area (Å²) in [5.74, 6) is 0.872. The molecular formula is C18H24ClIN4. The van der Waals surface area contributed by atoms with E-state index in [0.29, 0.717) is 0 Å². The van der Waals surface area contributed by atoms with Crippen LogP contribution in [0.1, 0.15) is 16.7 Å². The van der Waals surface area contributed by atoms with E-state index in [1.807, 2.05) is 37.6 Å². The summed E-state index contributed by atoms with van der Waals surface area (Å²) < 4.78 is 0. The third kappa shape index (κ3) is 6.28. The number of halogens is 2. The summed E-state index contributed by atoms with van der Waals surface area (Å²) in [7, 11) is 3.82. The Bertz CT molecular complexity index is 676. The van der Waals surface area contributed by atoms with Crippen LogP contribution in [0.3, 0.4) is 0 Å². The number of aliphatic imine (C=N–C) groups is 1. The Labute approximate surface area is 166 Å². The van der Waals surface area contributed by atoms with Crippen molar-refractivity contribution in [3.8, 4) is 0 Å². The summed E-state index contributed by atoms with van der Waals surface area (Å²) in [5, 5.41) is 4.16. The number of nitrogens with one attached hydrogen (secondary N) is 1. The Hall–Kier alpha value is -1.34. The fraction of sp³-hybridized carbons (Fsp3) is 0.333. The molecule has 0 saturated heterocycles. The number of guanidine groups is 1. The zero-order chi connectivity index (χ0) is 16.7. The minimum Gasteiger partial charge on any atom is -0.356 e. The van der Waals surface area contributed by atoms with Crippen LogP contribution in [0.25, 0.3) is 0 Å². The van der Waals surface area contributed by atoms with Gasteiger partial charge in [0.2, 0.25) is 0 Å². The predicted molar refractivity (Wildman–Crippen MR) is 112 cm³/mol. The Balaban J connectivity index is 0.00000288. The second-order valence-corrected chi connectivity index (χ2v) is 5.95. The fourth-order valence-electron chi connectivity index (χ4n) is 2.46. The molecule has 0 aliphatic carbocycles. The first-order chi connectivity index (χ1) is 11.1. The van der Waals surface area contributed by atoms with Crippen LogP contribution in [0.15, 0.2) is 47.7 Å². The number of hydrogen-bond donors (Lipinski definition) is 1. The molecule has 1 heterocycles. The summed E-state index contributed by atoms with van der Waals surface area (Å²) in [6.45, 7) is 3.67. The van der Waals surface area contributed by atoms with Gasteiger partial charge in [-0.15, -0.1) is 24.0 Å². The highest BCUT2D eigenvalue weighted by Gasteiger charge is 2.07. The maximum atomic E-state index is 6.04. The third-order valence-electron chi connectivity index (χ3n) is 3.70. The van der Waals surface area contributed by atoms with Crippen LogP contribution in [0, 0.1) is 6.92 Å². The molecule has 4 nitrogen and oxygen atoms in total. The second-order valence-electron chi connectivity index (χ2n) is 5.51.